The van der Waals surface area contributed by atoms with Gasteiger partial charge in [0.2, 0.25) is 0 Å². The Morgan fingerprint density at radius 3 is 1.03 bits per heavy atom. The monoisotopic (exact) mass is 865 g/mol. The van der Waals surface area contributed by atoms with Crippen LogP contribution in [-0.4, -0.2) is 37.2 Å². The summed E-state index contributed by atoms with van der Waals surface area (Å²) in [5, 5.41) is 0. The third-order valence-electron chi connectivity index (χ3n) is 10.9. The molecule has 0 aliphatic rings. The predicted molar refractivity (Wildman–Crippen MR) is 265 cm³/mol. The Kier molecular flexibility index (Phi) is 47.9. The highest BCUT2D eigenvalue weighted by atomic mass is 16.6. The summed E-state index contributed by atoms with van der Waals surface area (Å²) >= 11 is 0. The Morgan fingerprint density at radius 2 is 0.613 bits per heavy atom. The van der Waals surface area contributed by atoms with Gasteiger partial charge in [-0.05, 0) is 83.5 Å². The number of carbonyl (C=O) groups is 3. The van der Waals surface area contributed by atoms with Gasteiger partial charge in [0.1, 0.15) is 13.2 Å². The molecule has 0 amide bonds. The second-order valence-electron chi connectivity index (χ2n) is 17.1. The number of hydrogen-bond acceptors (Lipinski definition) is 6. The van der Waals surface area contributed by atoms with Gasteiger partial charge in [-0.25, -0.2) is 0 Å². The molecule has 356 valence electrons. The van der Waals surface area contributed by atoms with Crippen LogP contribution in [0.4, 0.5) is 0 Å². The van der Waals surface area contributed by atoms with Gasteiger partial charge in [0.15, 0.2) is 6.10 Å². The minimum Gasteiger partial charge on any atom is -0.462 e. The maximum Gasteiger partial charge on any atom is 0.306 e. The number of allylic oxidation sites excluding steroid dienone is 12. The van der Waals surface area contributed by atoms with E-state index >= 15 is 0 Å². The molecule has 0 fully saturated rings. The van der Waals surface area contributed by atoms with Crippen molar-refractivity contribution in [3.63, 3.8) is 0 Å². The molecule has 1 atom stereocenters. The highest BCUT2D eigenvalue weighted by Gasteiger charge is 2.19. The van der Waals surface area contributed by atoms with E-state index in [0.29, 0.717) is 19.3 Å². The van der Waals surface area contributed by atoms with Crippen molar-refractivity contribution < 1.29 is 28.6 Å². The fourth-order valence-electron chi connectivity index (χ4n) is 7.01. The molecule has 0 aliphatic carbocycles. The van der Waals surface area contributed by atoms with Crippen LogP contribution in [0.15, 0.2) is 72.9 Å². The Morgan fingerprint density at radius 1 is 0.323 bits per heavy atom. The second kappa shape index (κ2) is 50.5. The van der Waals surface area contributed by atoms with Gasteiger partial charge >= 0.3 is 17.9 Å². The zero-order valence-corrected chi connectivity index (χ0v) is 40.6. The zero-order valence-electron chi connectivity index (χ0n) is 40.6. The number of carbonyl (C=O) groups excluding carboxylic acids is 3. The third-order valence-corrected chi connectivity index (χ3v) is 10.9. The first-order valence-electron chi connectivity index (χ1n) is 25.9. The standard InChI is InChI=1S/C56H96O6/c1-4-7-10-13-16-19-22-25-26-27-28-29-30-32-35-38-41-44-47-50-56(59)62-53(51-60-54(57)48-45-42-39-36-33-24-21-18-15-12-9-6-3)52-61-55(58)49-46-43-40-37-34-31-23-20-17-14-11-8-5-2/h16,19-20,23,25-26,28-29,32,35,41,44,53H,4-15,17-18,21-22,24,27,30-31,33-34,36-40,42-43,45-52H2,1-3H3/b19-16-,23-20-,26-25-,29-28-,35-32-,44-41-/t53-/m0/s1. The minimum atomic E-state index is -0.815. The Hall–Kier alpha value is -3.15. The lowest BCUT2D eigenvalue weighted by Crippen LogP contribution is -2.30. The quantitative estimate of drug-likeness (QED) is 0.0262. The fraction of sp³-hybridized carbons (Fsp3) is 0.732. The van der Waals surface area contributed by atoms with Crippen LogP contribution < -0.4 is 0 Å². The van der Waals surface area contributed by atoms with Gasteiger partial charge < -0.3 is 14.2 Å². The van der Waals surface area contributed by atoms with Crippen LogP contribution >= 0.6 is 0 Å². The summed E-state index contributed by atoms with van der Waals surface area (Å²) < 4.78 is 16.7. The van der Waals surface area contributed by atoms with Crippen molar-refractivity contribution in [3.8, 4) is 0 Å². The summed E-state index contributed by atoms with van der Waals surface area (Å²) in [5.74, 6) is -0.997. The van der Waals surface area contributed by atoms with Crippen LogP contribution in [0.2, 0.25) is 0 Å². The maximum absolute atomic E-state index is 12.8. The van der Waals surface area contributed by atoms with E-state index in [1.807, 2.05) is 6.08 Å². The molecule has 0 aliphatic heterocycles. The molecule has 0 bridgehead atoms. The normalized spacial score (nSPS) is 12.6. The molecule has 0 aromatic heterocycles. The van der Waals surface area contributed by atoms with Crippen LogP contribution in [0.25, 0.3) is 0 Å². The fourth-order valence-corrected chi connectivity index (χ4v) is 7.01. The van der Waals surface area contributed by atoms with Gasteiger partial charge in [-0.2, -0.15) is 0 Å². The molecule has 6 heteroatoms. The zero-order chi connectivity index (χ0) is 45.1. The Labute approximate surface area is 382 Å². The molecule has 6 nitrogen and oxygen atoms in total. The summed E-state index contributed by atoms with van der Waals surface area (Å²) in [5.41, 5.74) is 0. The average Bonchev–Trinajstić information content (AvgIpc) is 3.27. The lowest BCUT2D eigenvalue weighted by Gasteiger charge is -2.18. The average molecular weight is 865 g/mol. The van der Waals surface area contributed by atoms with Gasteiger partial charge in [-0.3, -0.25) is 14.4 Å². The third kappa shape index (κ3) is 47.9. The molecular formula is C56H96O6. The van der Waals surface area contributed by atoms with E-state index in [1.54, 1.807) is 0 Å². The molecule has 0 unspecified atom stereocenters. The van der Waals surface area contributed by atoms with Gasteiger partial charge in [0, 0.05) is 19.3 Å². The van der Waals surface area contributed by atoms with Crippen LogP contribution in [0.5, 0.6) is 0 Å². The lowest BCUT2D eigenvalue weighted by molar-refractivity contribution is -0.166. The SMILES string of the molecule is CCCCC/C=C\C/C=C\C/C=C\C/C=C\C/C=C\CCC(=O)O[C@H](COC(=O)CCCCCCC/C=C\CCCCCC)COC(=O)CCCCCCCCCCCCCC. The molecule has 0 heterocycles. The number of esters is 3. The van der Waals surface area contributed by atoms with E-state index in [0.717, 1.165) is 77.0 Å². The van der Waals surface area contributed by atoms with Gasteiger partial charge in [0.25, 0.3) is 0 Å². The van der Waals surface area contributed by atoms with Crippen molar-refractivity contribution >= 4 is 17.9 Å². The highest BCUT2D eigenvalue weighted by molar-refractivity contribution is 5.71. The first-order valence-corrected chi connectivity index (χ1v) is 25.9. The first kappa shape index (κ1) is 58.9. The summed E-state index contributed by atoms with van der Waals surface area (Å²) in [6, 6.07) is 0. The summed E-state index contributed by atoms with van der Waals surface area (Å²) in [7, 11) is 0. The number of ether oxygens (including phenoxy) is 3. The summed E-state index contributed by atoms with van der Waals surface area (Å²) in [6.07, 6.45) is 63.2. The van der Waals surface area contributed by atoms with Crippen molar-refractivity contribution in [3.05, 3.63) is 72.9 Å². The van der Waals surface area contributed by atoms with E-state index in [2.05, 4.69) is 87.6 Å². The molecule has 0 saturated heterocycles. The van der Waals surface area contributed by atoms with Crippen molar-refractivity contribution in [2.75, 3.05) is 13.2 Å². The lowest BCUT2D eigenvalue weighted by atomic mass is 10.0. The number of unbranched alkanes of at least 4 members (excludes halogenated alkanes) is 23. The minimum absolute atomic E-state index is 0.106. The second-order valence-corrected chi connectivity index (χ2v) is 17.1. The molecule has 62 heavy (non-hydrogen) atoms. The summed E-state index contributed by atoms with van der Waals surface area (Å²) in [6.45, 7) is 6.52. The van der Waals surface area contributed by atoms with Crippen LogP contribution in [0.3, 0.4) is 0 Å². The van der Waals surface area contributed by atoms with Crippen molar-refractivity contribution in [1.82, 2.24) is 0 Å². The molecule has 0 N–H and O–H groups in total. The van der Waals surface area contributed by atoms with Crippen LogP contribution in [-0.2, 0) is 28.6 Å². The first-order chi connectivity index (χ1) is 30.5. The number of hydrogen-bond donors (Lipinski definition) is 0. The van der Waals surface area contributed by atoms with Crippen LogP contribution in [0.1, 0.15) is 245 Å². The molecular weight excluding hydrogens is 769 g/mol. The van der Waals surface area contributed by atoms with E-state index in [9.17, 15) is 14.4 Å². The molecule has 0 aromatic rings. The smallest absolute Gasteiger partial charge is 0.306 e. The predicted octanol–water partition coefficient (Wildman–Crippen LogP) is 17.0. The number of rotatable bonds is 46. The van der Waals surface area contributed by atoms with Gasteiger partial charge in [-0.15, -0.1) is 0 Å². The van der Waals surface area contributed by atoms with Gasteiger partial charge in [0.05, 0.1) is 0 Å². The van der Waals surface area contributed by atoms with E-state index in [4.69, 9.17) is 14.2 Å². The molecule has 0 spiro atoms. The molecule has 0 saturated carbocycles. The topological polar surface area (TPSA) is 78.9 Å². The van der Waals surface area contributed by atoms with Crippen molar-refractivity contribution in [2.24, 2.45) is 0 Å². The van der Waals surface area contributed by atoms with E-state index < -0.39 is 12.1 Å². The maximum atomic E-state index is 12.8. The Bertz CT molecular complexity index is 1180. The van der Waals surface area contributed by atoms with E-state index in [-0.39, 0.29) is 31.6 Å². The Balaban J connectivity index is 4.51. The summed E-state index contributed by atoms with van der Waals surface area (Å²) in [4.78, 5) is 37.9. The van der Waals surface area contributed by atoms with Crippen molar-refractivity contribution in [2.45, 2.75) is 252 Å². The van der Waals surface area contributed by atoms with E-state index in [1.165, 1.54) is 122 Å². The van der Waals surface area contributed by atoms with Crippen molar-refractivity contribution in [1.29, 1.82) is 0 Å². The van der Waals surface area contributed by atoms with Crippen LogP contribution in [0, 0.1) is 0 Å². The molecule has 0 rings (SSSR count). The molecule has 0 radical (unpaired) electrons. The van der Waals surface area contributed by atoms with Gasteiger partial charge in [-0.1, -0.05) is 216 Å². The molecule has 0 aromatic carbocycles. The highest BCUT2D eigenvalue weighted by Crippen LogP contribution is 2.14. The largest absolute Gasteiger partial charge is 0.462 e.